The monoisotopic (exact) mass is 566 g/mol. The largest absolute Gasteiger partial charge is 0.474 e. The minimum absolute atomic E-state index is 0.0504. The number of amides is 1. The maximum Gasteiger partial charge on any atom is 0.282 e. The Morgan fingerprint density at radius 2 is 1.77 bits per heavy atom. The number of hydrogen-bond donors (Lipinski definition) is 1. The van der Waals surface area contributed by atoms with Gasteiger partial charge in [-0.2, -0.15) is 0 Å². The summed E-state index contributed by atoms with van der Waals surface area (Å²) in [4.78, 5) is 31.5. The zero-order valence-electron chi connectivity index (χ0n) is 21.6. The first-order chi connectivity index (χ1) is 19.1. The number of nitrogens with zero attached hydrogens (tertiary/aromatic N) is 5. The maximum atomic E-state index is 13.8. The van der Waals surface area contributed by atoms with Gasteiger partial charge >= 0.3 is 0 Å². The first-order valence-electron chi connectivity index (χ1n) is 12.7. The van der Waals surface area contributed by atoms with E-state index in [1.54, 1.807) is 29.2 Å². The molecule has 1 amide bonds. The van der Waals surface area contributed by atoms with Gasteiger partial charge in [0.1, 0.15) is 22.5 Å². The second-order valence-electron chi connectivity index (χ2n) is 10.5. The molecule has 0 spiro atoms. The molecule has 3 atom stereocenters. The van der Waals surface area contributed by atoms with Crippen molar-refractivity contribution in [2.45, 2.75) is 31.9 Å². The number of aromatic nitrogens is 4. The molecule has 40 heavy (non-hydrogen) atoms. The molecule has 1 aliphatic heterocycles. The Morgan fingerprint density at radius 1 is 1.10 bits per heavy atom. The highest BCUT2D eigenvalue weighted by molar-refractivity contribution is 7.17. The van der Waals surface area contributed by atoms with Gasteiger partial charge < -0.3 is 15.4 Å². The third-order valence-corrected chi connectivity index (χ3v) is 8.21. The fraction of sp³-hybridized carbons (Fsp3) is 0.321. The Morgan fingerprint density at radius 3 is 2.40 bits per heavy atom. The summed E-state index contributed by atoms with van der Waals surface area (Å²) in [5, 5.41) is 0.176. The first kappa shape index (κ1) is 26.3. The van der Waals surface area contributed by atoms with Gasteiger partial charge in [-0.05, 0) is 55.8 Å². The molecule has 1 aromatic carbocycles. The van der Waals surface area contributed by atoms with E-state index in [0.29, 0.717) is 24.7 Å². The molecular formula is C28H25F3N6O2S. The number of benzene rings is 1. The fourth-order valence-electron chi connectivity index (χ4n) is 4.94. The van der Waals surface area contributed by atoms with E-state index in [1.807, 2.05) is 19.9 Å². The molecule has 4 aromatic rings. The van der Waals surface area contributed by atoms with Gasteiger partial charge in [-0.3, -0.25) is 4.79 Å². The lowest BCUT2D eigenvalue weighted by Crippen LogP contribution is -2.33. The molecule has 1 saturated carbocycles. The molecular weight excluding hydrogens is 541 g/mol. The Balaban J connectivity index is 1.18. The minimum Gasteiger partial charge on any atom is -0.474 e. The van der Waals surface area contributed by atoms with Crippen LogP contribution in [0, 0.1) is 17.7 Å². The number of fused-ring (bicyclic) bond motifs is 1. The van der Waals surface area contributed by atoms with Crippen molar-refractivity contribution in [3.8, 4) is 28.0 Å². The van der Waals surface area contributed by atoms with Crippen molar-refractivity contribution in [3.63, 3.8) is 0 Å². The van der Waals surface area contributed by atoms with Crippen LogP contribution in [-0.2, 0) is 5.54 Å². The fourth-order valence-corrected chi connectivity index (χ4v) is 5.93. The zero-order chi connectivity index (χ0) is 28.2. The number of hydrogen-bond acceptors (Lipinski definition) is 8. The number of rotatable bonds is 7. The predicted molar refractivity (Wildman–Crippen MR) is 142 cm³/mol. The second kappa shape index (κ2) is 9.93. The van der Waals surface area contributed by atoms with E-state index >= 15 is 0 Å². The average molecular weight is 567 g/mol. The topological polar surface area (TPSA) is 107 Å². The number of carbonyl (C=O) groups is 1. The quantitative estimate of drug-likeness (QED) is 0.332. The number of likely N-dealkylation sites (tertiary alicyclic amines) is 1. The Hall–Kier alpha value is -3.90. The molecule has 0 bridgehead atoms. The van der Waals surface area contributed by atoms with E-state index < -0.39 is 23.6 Å². The highest BCUT2D eigenvalue weighted by atomic mass is 32.1. The van der Waals surface area contributed by atoms with Gasteiger partial charge in [0.05, 0.1) is 5.69 Å². The molecule has 8 nitrogen and oxygen atoms in total. The van der Waals surface area contributed by atoms with Gasteiger partial charge in [-0.1, -0.05) is 0 Å². The third-order valence-electron chi connectivity index (χ3n) is 7.16. The molecule has 1 saturated heterocycles. The Kier molecular flexibility index (Phi) is 6.54. The van der Waals surface area contributed by atoms with Crippen LogP contribution < -0.4 is 10.5 Å². The van der Waals surface area contributed by atoms with Gasteiger partial charge in [-0.15, -0.1) is 11.3 Å². The van der Waals surface area contributed by atoms with E-state index in [9.17, 15) is 18.0 Å². The highest BCUT2D eigenvalue weighted by Crippen LogP contribution is 2.49. The van der Waals surface area contributed by atoms with Crippen molar-refractivity contribution in [1.29, 1.82) is 0 Å². The summed E-state index contributed by atoms with van der Waals surface area (Å²) in [7, 11) is 0. The van der Waals surface area contributed by atoms with Crippen LogP contribution in [0.5, 0.6) is 5.88 Å². The van der Waals surface area contributed by atoms with Crippen LogP contribution in [0.15, 0.2) is 54.9 Å². The summed E-state index contributed by atoms with van der Waals surface area (Å²) < 4.78 is 47.2. The molecule has 2 fully saturated rings. The molecule has 12 heteroatoms. The highest BCUT2D eigenvalue weighted by Gasteiger charge is 2.59. The molecule has 3 aromatic heterocycles. The van der Waals surface area contributed by atoms with Crippen LogP contribution in [0.3, 0.4) is 0 Å². The van der Waals surface area contributed by atoms with Crippen molar-refractivity contribution in [1.82, 2.24) is 24.8 Å². The molecule has 0 unspecified atom stereocenters. The van der Waals surface area contributed by atoms with Crippen LogP contribution in [0.25, 0.3) is 22.1 Å². The number of pyridine rings is 1. The number of piperidine rings is 1. The van der Waals surface area contributed by atoms with E-state index in [2.05, 4.69) is 19.9 Å². The van der Waals surface area contributed by atoms with E-state index in [1.165, 1.54) is 24.5 Å². The summed E-state index contributed by atoms with van der Waals surface area (Å²) in [6.45, 7) is 4.49. The number of carbonyl (C=O) groups excluding carboxylic acids is 1. The second-order valence-corrected chi connectivity index (χ2v) is 11.5. The standard InChI is InChI=1S/C28H25F3N6O2S/c1-28(2,32)15-10-19(14-4-6-16(29)7-5-14)35-20(11-15)39-22-17-12-37(13-18(17)22)27(38)23-21(24(30)31)36-26(40-23)25-33-8-3-9-34-25/h3-11,17-18,22,24H,12-13,32H2,1-2H3/t17-,18+,22-. The normalized spacial score (nSPS) is 20.1. The van der Waals surface area contributed by atoms with Gasteiger partial charge in [-0.25, -0.2) is 33.1 Å². The summed E-state index contributed by atoms with van der Waals surface area (Å²) in [5.74, 6) is -0.137. The molecule has 206 valence electrons. The van der Waals surface area contributed by atoms with Crippen molar-refractivity contribution in [2.24, 2.45) is 17.6 Å². The lowest BCUT2D eigenvalue weighted by Gasteiger charge is -2.22. The lowest BCUT2D eigenvalue weighted by atomic mass is 9.95. The molecule has 4 heterocycles. The van der Waals surface area contributed by atoms with Crippen LogP contribution in [0.4, 0.5) is 13.2 Å². The van der Waals surface area contributed by atoms with E-state index in [4.69, 9.17) is 10.5 Å². The minimum atomic E-state index is -2.90. The summed E-state index contributed by atoms with van der Waals surface area (Å²) in [5.41, 5.74) is 7.28. The van der Waals surface area contributed by atoms with Gasteiger partial charge in [0.2, 0.25) is 5.88 Å². The first-order valence-corrected chi connectivity index (χ1v) is 13.5. The van der Waals surface area contributed by atoms with Crippen LogP contribution >= 0.6 is 11.3 Å². The molecule has 2 aliphatic rings. The number of alkyl halides is 2. The van der Waals surface area contributed by atoms with E-state index in [-0.39, 0.29) is 39.5 Å². The van der Waals surface area contributed by atoms with Gasteiger partial charge in [0.25, 0.3) is 12.3 Å². The lowest BCUT2D eigenvalue weighted by molar-refractivity contribution is 0.0744. The molecule has 1 aliphatic carbocycles. The molecule has 2 N–H and O–H groups in total. The summed E-state index contributed by atoms with van der Waals surface area (Å²) in [6, 6.07) is 11.3. The Bertz CT molecular complexity index is 1550. The molecule has 0 radical (unpaired) electrons. The third kappa shape index (κ3) is 5.04. The number of ether oxygens (including phenoxy) is 1. The number of nitrogens with two attached hydrogens (primary N) is 1. The van der Waals surface area contributed by atoms with Crippen molar-refractivity contribution >= 4 is 17.2 Å². The Labute approximate surface area is 232 Å². The van der Waals surface area contributed by atoms with Gasteiger partial charge in [0, 0.05) is 54.5 Å². The van der Waals surface area contributed by atoms with Crippen molar-refractivity contribution < 1.29 is 22.7 Å². The summed E-state index contributed by atoms with van der Waals surface area (Å²) in [6.07, 6.45) is -0.0916. The number of thiazole rings is 1. The molecule has 6 rings (SSSR count). The van der Waals surface area contributed by atoms with E-state index in [0.717, 1.165) is 22.5 Å². The van der Waals surface area contributed by atoms with Crippen LogP contribution in [-0.4, -0.2) is 49.9 Å². The van der Waals surface area contributed by atoms with Gasteiger partial charge in [0.15, 0.2) is 10.8 Å². The number of halogens is 3. The van der Waals surface area contributed by atoms with Crippen LogP contribution in [0.1, 0.15) is 41.2 Å². The van der Waals surface area contributed by atoms with Crippen molar-refractivity contribution in [3.05, 3.63) is 76.8 Å². The van der Waals surface area contributed by atoms with Crippen LogP contribution in [0.2, 0.25) is 0 Å². The zero-order valence-corrected chi connectivity index (χ0v) is 22.4. The average Bonchev–Trinajstić information content (AvgIpc) is 3.29. The SMILES string of the molecule is CC(C)(N)c1cc(O[C@@H]2[C@@H]3CN(C(=O)c4sc(-c5ncccn5)nc4C(F)F)C[C@@H]32)nc(-c2ccc(F)cc2)c1. The maximum absolute atomic E-state index is 13.8. The predicted octanol–water partition coefficient (Wildman–Crippen LogP) is 5.08. The van der Waals surface area contributed by atoms with Crippen molar-refractivity contribution in [2.75, 3.05) is 13.1 Å². The summed E-state index contributed by atoms with van der Waals surface area (Å²) >= 11 is 0.876. The smallest absolute Gasteiger partial charge is 0.282 e.